The summed E-state index contributed by atoms with van der Waals surface area (Å²) in [5.41, 5.74) is 1.71. The highest BCUT2D eigenvalue weighted by atomic mass is 16.5. The SMILES string of the molecule is COc1cc2ncnc(N3CCC(N4N=C(C)C(C)C4=O)CC3)c2cc1OC. The smallest absolute Gasteiger partial charge is 0.251 e. The van der Waals surface area contributed by atoms with E-state index in [-0.39, 0.29) is 17.9 Å². The van der Waals surface area contributed by atoms with Crippen LogP contribution in [0.15, 0.2) is 23.6 Å². The summed E-state index contributed by atoms with van der Waals surface area (Å²) in [6, 6.07) is 3.94. The summed E-state index contributed by atoms with van der Waals surface area (Å²) in [6.07, 6.45) is 3.29. The fourth-order valence-electron chi connectivity index (χ4n) is 3.89. The third-order valence-corrected chi connectivity index (χ3v) is 5.72. The maximum Gasteiger partial charge on any atom is 0.251 e. The van der Waals surface area contributed by atoms with Gasteiger partial charge in [-0.25, -0.2) is 15.0 Å². The van der Waals surface area contributed by atoms with E-state index < -0.39 is 0 Å². The first-order chi connectivity index (χ1) is 13.5. The van der Waals surface area contributed by atoms with Gasteiger partial charge in [0.2, 0.25) is 0 Å². The van der Waals surface area contributed by atoms with Crippen LogP contribution in [-0.4, -0.2) is 59.9 Å². The number of amides is 1. The molecule has 8 heteroatoms. The zero-order valence-corrected chi connectivity index (χ0v) is 16.7. The van der Waals surface area contributed by atoms with Crippen molar-refractivity contribution in [3.63, 3.8) is 0 Å². The summed E-state index contributed by atoms with van der Waals surface area (Å²) < 4.78 is 10.8. The Morgan fingerprint density at radius 1 is 1.07 bits per heavy atom. The molecule has 0 bridgehead atoms. The number of anilines is 1. The molecule has 0 N–H and O–H groups in total. The number of nitrogens with zero attached hydrogens (tertiary/aromatic N) is 5. The van der Waals surface area contributed by atoms with E-state index >= 15 is 0 Å². The van der Waals surface area contributed by atoms with E-state index in [1.165, 1.54) is 0 Å². The van der Waals surface area contributed by atoms with E-state index in [0.717, 1.165) is 48.4 Å². The van der Waals surface area contributed by atoms with Gasteiger partial charge < -0.3 is 14.4 Å². The van der Waals surface area contributed by atoms with Crippen LogP contribution in [0.4, 0.5) is 5.82 Å². The molecule has 1 unspecified atom stereocenters. The monoisotopic (exact) mass is 383 g/mol. The lowest BCUT2D eigenvalue weighted by Crippen LogP contribution is -2.45. The number of rotatable bonds is 4. The number of benzene rings is 1. The van der Waals surface area contributed by atoms with Crippen LogP contribution >= 0.6 is 0 Å². The van der Waals surface area contributed by atoms with Gasteiger partial charge in [0.25, 0.3) is 5.91 Å². The normalized spacial score (nSPS) is 20.6. The molecule has 28 heavy (non-hydrogen) atoms. The van der Waals surface area contributed by atoms with Gasteiger partial charge in [0, 0.05) is 30.3 Å². The van der Waals surface area contributed by atoms with Crippen molar-refractivity contribution in [1.82, 2.24) is 15.0 Å². The number of methoxy groups -OCH3 is 2. The Morgan fingerprint density at radius 3 is 2.36 bits per heavy atom. The molecule has 0 spiro atoms. The Bertz CT molecular complexity index is 937. The Kier molecular flexibility index (Phi) is 4.78. The molecule has 1 aromatic heterocycles. The van der Waals surface area contributed by atoms with Crippen molar-refractivity contribution in [1.29, 1.82) is 0 Å². The first-order valence-electron chi connectivity index (χ1n) is 9.53. The molecule has 1 aromatic carbocycles. The number of piperidine rings is 1. The zero-order valence-electron chi connectivity index (χ0n) is 16.7. The number of carbonyl (C=O) groups excluding carboxylic acids is 1. The highest BCUT2D eigenvalue weighted by Crippen LogP contribution is 2.35. The van der Waals surface area contributed by atoms with Crippen LogP contribution in [0.1, 0.15) is 26.7 Å². The molecule has 1 atom stereocenters. The number of hydrogen-bond donors (Lipinski definition) is 0. The van der Waals surface area contributed by atoms with E-state index in [1.807, 2.05) is 26.0 Å². The number of hydrazone groups is 1. The standard InChI is InChI=1S/C20H25N5O3/c1-12-13(2)23-25(20(12)26)14-5-7-24(8-6-14)19-15-9-17(27-3)18(28-4)10-16(15)21-11-22-19/h9-12,14H,5-8H2,1-4H3. The largest absolute Gasteiger partial charge is 0.493 e. The molecule has 0 saturated carbocycles. The number of carbonyl (C=O) groups is 1. The summed E-state index contributed by atoms with van der Waals surface area (Å²) in [7, 11) is 3.23. The van der Waals surface area contributed by atoms with Crippen molar-refractivity contribution in [2.24, 2.45) is 11.0 Å². The van der Waals surface area contributed by atoms with Crippen LogP contribution in [0.5, 0.6) is 11.5 Å². The number of ether oxygens (including phenoxy) is 2. The number of fused-ring (bicyclic) bond motifs is 1. The molecular formula is C20H25N5O3. The fraction of sp³-hybridized carbons (Fsp3) is 0.500. The van der Waals surface area contributed by atoms with Crippen molar-refractivity contribution in [2.75, 3.05) is 32.2 Å². The fourth-order valence-corrected chi connectivity index (χ4v) is 3.89. The summed E-state index contributed by atoms with van der Waals surface area (Å²) in [6.45, 7) is 5.45. The van der Waals surface area contributed by atoms with Crippen LogP contribution in [-0.2, 0) is 4.79 Å². The average Bonchev–Trinajstić information content (AvgIpc) is 2.99. The minimum atomic E-state index is -0.105. The third-order valence-electron chi connectivity index (χ3n) is 5.72. The number of aromatic nitrogens is 2. The van der Waals surface area contributed by atoms with Crippen LogP contribution in [0.2, 0.25) is 0 Å². The van der Waals surface area contributed by atoms with Gasteiger partial charge >= 0.3 is 0 Å². The maximum absolute atomic E-state index is 12.4. The summed E-state index contributed by atoms with van der Waals surface area (Å²) >= 11 is 0. The molecule has 1 fully saturated rings. The second-order valence-electron chi connectivity index (χ2n) is 7.29. The molecule has 3 heterocycles. The van der Waals surface area contributed by atoms with Crippen LogP contribution in [0.3, 0.4) is 0 Å². The molecule has 8 nitrogen and oxygen atoms in total. The van der Waals surface area contributed by atoms with Gasteiger partial charge in [-0.05, 0) is 32.8 Å². The molecule has 0 radical (unpaired) electrons. The van der Waals surface area contributed by atoms with E-state index in [2.05, 4.69) is 20.0 Å². The molecule has 2 aliphatic rings. The van der Waals surface area contributed by atoms with E-state index in [9.17, 15) is 4.79 Å². The van der Waals surface area contributed by atoms with Crippen LogP contribution in [0, 0.1) is 5.92 Å². The van der Waals surface area contributed by atoms with Gasteiger partial charge in [-0.3, -0.25) is 4.79 Å². The van der Waals surface area contributed by atoms with Crippen molar-refractivity contribution < 1.29 is 14.3 Å². The maximum atomic E-state index is 12.4. The topological polar surface area (TPSA) is 80.2 Å². The molecule has 148 valence electrons. The zero-order chi connectivity index (χ0) is 19.8. The highest BCUT2D eigenvalue weighted by Gasteiger charge is 2.36. The quantitative estimate of drug-likeness (QED) is 0.807. The van der Waals surface area contributed by atoms with Crippen LogP contribution < -0.4 is 14.4 Å². The van der Waals surface area contributed by atoms with Gasteiger partial charge in [-0.1, -0.05) is 0 Å². The summed E-state index contributed by atoms with van der Waals surface area (Å²) in [5.74, 6) is 2.19. The first-order valence-corrected chi connectivity index (χ1v) is 9.53. The molecule has 1 amide bonds. The van der Waals surface area contributed by atoms with Gasteiger partial charge in [0.05, 0.1) is 31.7 Å². The van der Waals surface area contributed by atoms with E-state index in [4.69, 9.17) is 9.47 Å². The summed E-state index contributed by atoms with van der Waals surface area (Å²) in [4.78, 5) is 23.6. The molecule has 2 aliphatic heterocycles. The Hall–Kier alpha value is -2.90. The lowest BCUT2D eigenvalue weighted by Gasteiger charge is -2.36. The third kappa shape index (κ3) is 3.02. The Labute approximate surface area is 164 Å². The van der Waals surface area contributed by atoms with Crippen LogP contribution in [0.25, 0.3) is 10.9 Å². The van der Waals surface area contributed by atoms with Crippen molar-refractivity contribution in [3.8, 4) is 11.5 Å². The van der Waals surface area contributed by atoms with Gasteiger partial charge in [0.1, 0.15) is 12.1 Å². The predicted molar refractivity (Wildman–Crippen MR) is 107 cm³/mol. The lowest BCUT2D eigenvalue weighted by molar-refractivity contribution is -0.133. The summed E-state index contributed by atoms with van der Waals surface area (Å²) in [5, 5.41) is 7.12. The Balaban J connectivity index is 1.57. The average molecular weight is 383 g/mol. The lowest BCUT2D eigenvalue weighted by atomic mass is 10.0. The van der Waals surface area contributed by atoms with Gasteiger partial charge in [0.15, 0.2) is 11.5 Å². The van der Waals surface area contributed by atoms with Crippen molar-refractivity contribution in [3.05, 3.63) is 18.5 Å². The molecule has 0 aliphatic carbocycles. The first kappa shape index (κ1) is 18.5. The van der Waals surface area contributed by atoms with Gasteiger partial charge in [-0.15, -0.1) is 0 Å². The Morgan fingerprint density at radius 2 is 1.75 bits per heavy atom. The molecule has 2 aromatic rings. The van der Waals surface area contributed by atoms with E-state index in [1.54, 1.807) is 25.6 Å². The van der Waals surface area contributed by atoms with E-state index in [0.29, 0.717) is 11.5 Å². The molecule has 4 rings (SSSR count). The minimum Gasteiger partial charge on any atom is -0.493 e. The van der Waals surface area contributed by atoms with Crippen molar-refractivity contribution >= 4 is 28.3 Å². The second-order valence-corrected chi connectivity index (χ2v) is 7.29. The molecule has 1 saturated heterocycles. The van der Waals surface area contributed by atoms with Gasteiger partial charge in [-0.2, -0.15) is 5.10 Å². The van der Waals surface area contributed by atoms with Crippen molar-refractivity contribution in [2.45, 2.75) is 32.7 Å². The number of hydrogen-bond acceptors (Lipinski definition) is 7. The minimum absolute atomic E-state index is 0.105. The second kappa shape index (κ2) is 7.26. The predicted octanol–water partition coefficient (Wildman–Crippen LogP) is 2.47. The molecular weight excluding hydrogens is 358 g/mol. The highest BCUT2D eigenvalue weighted by molar-refractivity contribution is 6.06.